The molecule has 1 atom stereocenters. The Morgan fingerprint density at radius 1 is 1.03 bits per heavy atom. The number of carbonyl (C=O) groups excluding carboxylic acids is 2. The van der Waals surface area contributed by atoms with Gasteiger partial charge in [0, 0.05) is 52.0 Å². The molecule has 1 unspecified atom stereocenters. The molecule has 194 valence electrons. The van der Waals surface area contributed by atoms with Crippen molar-refractivity contribution in [1.29, 1.82) is 0 Å². The van der Waals surface area contributed by atoms with Crippen LogP contribution in [0.15, 0.2) is 36.4 Å². The summed E-state index contributed by atoms with van der Waals surface area (Å²) >= 11 is 0. The molecular formula is C26H35N5O5. The van der Waals surface area contributed by atoms with Gasteiger partial charge in [0.15, 0.2) is 5.82 Å². The molecule has 0 N–H and O–H groups in total. The van der Waals surface area contributed by atoms with Gasteiger partial charge >= 0.3 is 0 Å². The van der Waals surface area contributed by atoms with Crippen LogP contribution in [0.4, 0.5) is 5.82 Å². The minimum Gasteiger partial charge on any atom is -0.497 e. The van der Waals surface area contributed by atoms with E-state index in [2.05, 4.69) is 15.1 Å². The molecule has 2 aliphatic heterocycles. The number of ether oxygens (including phenoxy) is 3. The third-order valence-electron chi connectivity index (χ3n) is 6.60. The van der Waals surface area contributed by atoms with Crippen molar-refractivity contribution in [3.63, 3.8) is 0 Å². The standard InChI is InChI=1S/C26H35N5O5/c1-34-19-26(33)31(17-22-5-3-16-36-22)18-25(32)30-13-4-12-29(14-15-30)24-11-10-23(27-28-24)20-6-8-21(35-2)9-7-20/h6-11,22H,3-5,12-19H2,1-2H3. The Kier molecular flexibility index (Phi) is 9.07. The van der Waals surface area contributed by atoms with Crippen LogP contribution in [0.2, 0.25) is 0 Å². The number of anilines is 1. The zero-order valence-corrected chi connectivity index (χ0v) is 21.1. The van der Waals surface area contributed by atoms with Gasteiger partial charge in [-0.05, 0) is 55.7 Å². The Labute approximate surface area is 212 Å². The van der Waals surface area contributed by atoms with E-state index < -0.39 is 0 Å². The molecule has 1 aromatic heterocycles. The third kappa shape index (κ3) is 6.70. The molecule has 36 heavy (non-hydrogen) atoms. The van der Waals surface area contributed by atoms with Gasteiger partial charge in [0.05, 0.1) is 25.5 Å². The first-order valence-corrected chi connectivity index (χ1v) is 12.5. The molecule has 0 saturated carbocycles. The van der Waals surface area contributed by atoms with Crippen LogP contribution in [0.1, 0.15) is 19.3 Å². The van der Waals surface area contributed by atoms with Crippen molar-refractivity contribution in [2.75, 3.05) is 71.6 Å². The van der Waals surface area contributed by atoms with E-state index in [1.54, 1.807) is 12.0 Å². The van der Waals surface area contributed by atoms with Crippen molar-refractivity contribution in [2.45, 2.75) is 25.4 Å². The Hall–Kier alpha value is -3.24. The van der Waals surface area contributed by atoms with Crippen LogP contribution in [-0.4, -0.2) is 105 Å². The van der Waals surface area contributed by atoms with Crippen molar-refractivity contribution in [2.24, 2.45) is 0 Å². The van der Waals surface area contributed by atoms with Crippen molar-refractivity contribution in [3.05, 3.63) is 36.4 Å². The highest BCUT2D eigenvalue weighted by Crippen LogP contribution is 2.22. The first kappa shape index (κ1) is 25.8. The number of carbonyl (C=O) groups is 2. The summed E-state index contributed by atoms with van der Waals surface area (Å²) < 4.78 is 15.9. The first-order chi connectivity index (χ1) is 17.6. The molecule has 2 saturated heterocycles. The number of aromatic nitrogens is 2. The summed E-state index contributed by atoms with van der Waals surface area (Å²) in [6.45, 7) is 3.76. The first-order valence-electron chi connectivity index (χ1n) is 12.5. The zero-order valence-electron chi connectivity index (χ0n) is 21.1. The lowest BCUT2D eigenvalue weighted by molar-refractivity contribution is -0.144. The molecular weight excluding hydrogens is 462 g/mol. The van der Waals surface area contributed by atoms with Crippen LogP contribution < -0.4 is 9.64 Å². The number of methoxy groups -OCH3 is 2. The van der Waals surface area contributed by atoms with Crippen molar-refractivity contribution >= 4 is 17.6 Å². The lowest BCUT2D eigenvalue weighted by Crippen LogP contribution is -2.47. The maximum Gasteiger partial charge on any atom is 0.249 e. The maximum absolute atomic E-state index is 13.1. The molecule has 0 radical (unpaired) electrons. The van der Waals surface area contributed by atoms with Gasteiger partial charge in [-0.25, -0.2) is 0 Å². The Morgan fingerprint density at radius 2 is 1.86 bits per heavy atom. The SMILES string of the molecule is COCC(=O)N(CC(=O)N1CCCN(c2ccc(-c3ccc(OC)cc3)nn2)CC1)CC1CCCO1. The molecule has 2 fully saturated rings. The lowest BCUT2D eigenvalue weighted by atomic mass is 10.1. The average molecular weight is 498 g/mol. The second-order valence-corrected chi connectivity index (χ2v) is 9.07. The average Bonchev–Trinajstić information content (AvgIpc) is 3.30. The predicted octanol–water partition coefficient (Wildman–Crippen LogP) is 1.84. The summed E-state index contributed by atoms with van der Waals surface area (Å²) in [5.41, 5.74) is 1.76. The second kappa shape index (κ2) is 12.6. The molecule has 2 aliphatic rings. The van der Waals surface area contributed by atoms with E-state index in [1.807, 2.05) is 41.3 Å². The van der Waals surface area contributed by atoms with E-state index in [4.69, 9.17) is 14.2 Å². The monoisotopic (exact) mass is 497 g/mol. The van der Waals surface area contributed by atoms with Crippen molar-refractivity contribution < 1.29 is 23.8 Å². The van der Waals surface area contributed by atoms with Crippen molar-refractivity contribution in [1.82, 2.24) is 20.0 Å². The van der Waals surface area contributed by atoms with E-state index in [9.17, 15) is 9.59 Å². The van der Waals surface area contributed by atoms with Gasteiger partial charge < -0.3 is 28.9 Å². The van der Waals surface area contributed by atoms with Gasteiger partial charge in [-0.15, -0.1) is 10.2 Å². The minimum atomic E-state index is -0.190. The summed E-state index contributed by atoms with van der Waals surface area (Å²) in [6, 6.07) is 11.6. The van der Waals surface area contributed by atoms with E-state index in [0.717, 1.165) is 48.6 Å². The fourth-order valence-corrected chi connectivity index (χ4v) is 4.57. The summed E-state index contributed by atoms with van der Waals surface area (Å²) in [5.74, 6) is 1.34. The zero-order chi connectivity index (χ0) is 25.3. The summed E-state index contributed by atoms with van der Waals surface area (Å²) in [6.07, 6.45) is 2.68. The van der Waals surface area contributed by atoms with Gasteiger partial charge in [0.1, 0.15) is 12.4 Å². The Morgan fingerprint density at radius 3 is 2.53 bits per heavy atom. The van der Waals surface area contributed by atoms with Gasteiger partial charge in [-0.3, -0.25) is 9.59 Å². The molecule has 1 aromatic carbocycles. The maximum atomic E-state index is 13.1. The molecule has 0 aliphatic carbocycles. The number of benzene rings is 1. The topological polar surface area (TPSA) is 97.3 Å². The van der Waals surface area contributed by atoms with Crippen LogP contribution in [0.3, 0.4) is 0 Å². The number of nitrogens with zero attached hydrogens (tertiary/aromatic N) is 5. The number of hydrogen-bond acceptors (Lipinski definition) is 8. The highest BCUT2D eigenvalue weighted by atomic mass is 16.5. The van der Waals surface area contributed by atoms with Crippen LogP contribution in [-0.2, 0) is 19.1 Å². The third-order valence-corrected chi connectivity index (χ3v) is 6.60. The molecule has 2 amide bonds. The minimum absolute atomic E-state index is 0.0160. The van der Waals surface area contributed by atoms with Crippen LogP contribution in [0, 0.1) is 0 Å². The van der Waals surface area contributed by atoms with Gasteiger partial charge in [-0.1, -0.05) is 0 Å². The highest BCUT2D eigenvalue weighted by molar-refractivity contribution is 5.85. The summed E-state index contributed by atoms with van der Waals surface area (Å²) in [7, 11) is 3.13. The summed E-state index contributed by atoms with van der Waals surface area (Å²) in [5, 5.41) is 8.85. The van der Waals surface area contributed by atoms with E-state index in [1.165, 1.54) is 7.11 Å². The molecule has 4 rings (SSSR count). The number of hydrogen-bond donors (Lipinski definition) is 0. The molecule has 3 heterocycles. The molecule has 0 bridgehead atoms. The van der Waals surface area contributed by atoms with Crippen LogP contribution in [0.5, 0.6) is 5.75 Å². The highest BCUT2D eigenvalue weighted by Gasteiger charge is 2.27. The Bertz CT molecular complexity index is 995. The fourth-order valence-electron chi connectivity index (χ4n) is 4.57. The second-order valence-electron chi connectivity index (χ2n) is 9.07. The fraction of sp³-hybridized carbons (Fsp3) is 0.538. The number of amides is 2. The van der Waals surface area contributed by atoms with Gasteiger partial charge in [0.2, 0.25) is 11.8 Å². The molecule has 0 spiro atoms. The largest absolute Gasteiger partial charge is 0.497 e. The molecule has 10 heteroatoms. The van der Waals surface area contributed by atoms with Crippen molar-refractivity contribution in [3.8, 4) is 17.0 Å². The molecule has 10 nitrogen and oxygen atoms in total. The normalized spacial score (nSPS) is 18.1. The predicted molar refractivity (Wildman–Crippen MR) is 135 cm³/mol. The Balaban J connectivity index is 1.34. The van der Waals surface area contributed by atoms with Gasteiger partial charge in [-0.2, -0.15) is 0 Å². The van der Waals surface area contributed by atoms with Gasteiger partial charge in [0.25, 0.3) is 0 Å². The summed E-state index contributed by atoms with van der Waals surface area (Å²) in [4.78, 5) is 31.3. The van der Waals surface area contributed by atoms with E-state index in [0.29, 0.717) is 32.8 Å². The van der Waals surface area contributed by atoms with Crippen LogP contribution in [0.25, 0.3) is 11.3 Å². The molecule has 2 aromatic rings. The number of rotatable bonds is 9. The lowest BCUT2D eigenvalue weighted by Gasteiger charge is -2.28. The van der Waals surface area contributed by atoms with Crippen LogP contribution >= 0.6 is 0 Å². The van der Waals surface area contributed by atoms with E-state index >= 15 is 0 Å². The quantitative estimate of drug-likeness (QED) is 0.518. The van der Waals surface area contributed by atoms with E-state index in [-0.39, 0.29) is 31.1 Å². The smallest absolute Gasteiger partial charge is 0.249 e.